The van der Waals surface area contributed by atoms with Gasteiger partial charge in [0.25, 0.3) is 0 Å². The Morgan fingerprint density at radius 2 is 2.12 bits per heavy atom. The van der Waals surface area contributed by atoms with Crippen LogP contribution in [0, 0.1) is 19.8 Å². The zero-order valence-electron chi connectivity index (χ0n) is 9.79. The average molecular weight is 218 g/mol. The second-order valence-electron chi connectivity index (χ2n) is 4.56. The van der Waals surface area contributed by atoms with E-state index in [0.29, 0.717) is 6.54 Å². The van der Waals surface area contributed by atoms with E-state index in [1.165, 1.54) is 16.7 Å². The molecular formula is C13H18N2O. The summed E-state index contributed by atoms with van der Waals surface area (Å²) in [6.45, 7) is 5.76. The van der Waals surface area contributed by atoms with Gasteiger partial charge in [-0.15, -0.1) is 0 Å². The minimum atomic E-state index is -0.198. The summed E-state index contributed by atoms with van der Waals surface area (Å²) in [6, 6.07) is 6.25. The first kappa shape index (κ1) is 11.1. The monoisotopic (exact) mass is 218 g/mol. The Morgan fingerprint density at radius 3 is 2.81 bits per heavy atom. The number of hydrogen-bond donors (Lipinski definition) is 2. The third-order valence-corrected chi connectivity index (χ3v) is 3.63. The van der Waals surface area contributed by atoms with Crippen LogP contribution in [0.2, 0.25) is 0 Å². The van der Waals surface area contributed by atoms with E-state index in [9.17, 15) is 4.79 Å². The van der Waals surface area contributed by atoms with Crippen molar-refractivity contribution in [1.82, 2.24) is 5.32 Å². The molecule has 0 saturated carbocycles. The molecule has 3 heteroatoms. The van der Waals surface area contributed by atoms with E-state index in [4.69, 9.17) is 5.73 Å². The van der Waals surface area contributed by atoms with Crippen LogP contribution in [0.3, 0.4) is 0 Å². The molecule has 1 aromatic rings. The second-order valence-corrected chi connectivity index (χ2v) is 4.56. The van der Waals surface area contributed by atoms with E-state index in [2.05, 4.69) is 31.3 Å². The van der Waals surface area contributed by atoms with Gasteiger partial charge in [-0.3, -0.25) is 4.79 Å². The Balaban J connectivity index is 2.36. The molecule has 0 aliphatic carbocycles. The van der Waals surface area contributed by atoms with Crippen molar-refractivity contribution in [3.63, 3.8) is 0 Å². The summed E-state index contributed by atoms with van der Waals surface area (Å²) in [5.74, 6) is -0.0335. The quantitative estimate of drug-likeness (QED) is 0.780. The zero-order valence-corrected chi connectivity index (χ0v) is 9.79. The van der Waals surface area contributed by atoms with Crippen LogP contribution in [0.5, 0.6) is 0 Å². The molecule has 2 unspecified atom stereocenters. The van der Waals surface area contributed by atoms with Crippen LogP contribution in [0.25, 0.3) is 0 Å². The SMILES string of the molecule is Cc1cccc(C2CNCC2C(N)=O)c1C. The lowest BCUT2D eigenvalue weighted by atomic mass is 9.85. The molecule has 2 atom stereocenters. The van der Waals surface area contributed by atoms with Crippen LogP contribution in [-0.2, 0) is 4.79 Å². The highest BCUT2D eigenvalue weighted by Gasteiger charge is 2.33. The normalized spacial score (nSPS) is 24.6. The molecular weight excluding hydrogens is 200 g/mol. The van der Waals surface area contributed by atoms with Crippen molar-refractivity contribution in [2.24, 2.45) is 11.7 Å². The number of aryl methyl sites for hydroxylation is 1. The van der Waals surface area contributed by atoms with Gasteiger partial charge < -0.3 is 11.1 Å². The largest absolute Gasteiger partial charge is 0.369 e. The lowest BCUT2D eigenvalue weighted by Crippen LogP contribution is -2.28. The summed E-state index contributed by atoms with van der Waals surface area (Å²) >= 11 is 0. The van der Waals surface area contributed by atoms with Gasteiger partial charge in [0.15, 0.2) is 0 Å². The average Bonchev–Trinajstić information content (AvgIpc) is 2.70. The number of primary amides is 1. The minimum Gasteiger partial charge on any atom is -0.369 e. The van der Waals surface area contributed by atoms with Gasteiger partial charge in [0.1, 0.15) is 0 Å². The third kappa shape index (κ3) is 1.83. The molecule has 1 aliphatic rings. The number of rotatable bonds is 2. The van der Waals surface area contributed by atoms with Crippen LogP contribution in [0.1, 0.15) is 22.6 Å². The van der Waals surface area contributed by atoms with E-state index >= 15 is 0 Å². The molecule has 1 aliphatic heterocycles. The Hall–Kier alpha value is -1.35. The van der Waals surface area contributed by atoms with Gasteiger partial charge in [0.05, 0.1) is 5.92 Å². The molecule has 16 heavy (non-hydrogen) atoms. The van der Waals surface area contributed by atoms with Crippen molar-refractivity contribution in [2.45, 2.75) is 19.8 Å². The Labute approximate surface area is 96.0 Å². The van der Waals surface area contributed by atoms with Gasteiger partial charge >= 0.3 is 0 Å². The standard InChI is InChI=1S/C13H18N2O/c1-8-4-3-5-10(9(8)2)11-6-15-7-12(11)13(14)16/h3-5,11-12,15H,6-7H2,1-2H3,(H2,14,16). The Kier molecular flexibility index (Phi) is 2.97. The highest BCUT2D eigenvalue weighted by Crippen LogP contribution is 2.31. The third-order valence-electron chi connectivity index (χ3n) is 3.63. The van der Waals surface area contributed by atoms with Crippen LogP contribution < -0.4 is 11.1 Å². The van der Waals surface area contributed by atoms with Crippen molar-refractivity contribution in [1.29, 1.82) is 0 Å². The van der Waals surface area contributed by atoms with Gasteiger partial charge in [0, 0.05) is 19.0 Å². The Morgan fingerprint density at radius 1 is 1.38 bits per heavy atom. The number of hydrogen-bond acceptors (Lipinski definition) is 2. The number of nitrogens with one attached hydrogen (secondary N) is 1. The number of carbonyl (C=O) groups is 1. The fraction of sp³-hybridized carbons (Fsp3) is 0.462. The first-order valence-corrected chi connectivity index (χ1v) is 5.67. The molecule has 0 aromatic heterocycles. The molecule has 86 valence electrons. The summed E-state index contributed by atoms with van der Waals surface area (Å²) in [4.78, 5) is 11.4. The smallest absolute Gasteiger partial charge is 0.222 e. The summed E-state index contributed by atoms with van der Waals surface area (Å²) in [5.41, 5.74) is 9.24. The Bertz CT molecular complexity index is 414. The van der Waals surface area contributed by atoms with Crippen LogP contribution in [-0.4, -0.2) is 19.0 Å². The number of benzene rings is 1. The van der Waals surface area contributed by atoms with Crippen molar-refractivity contribution in [3.8, 4) is 0 Å². The van der Waals surface area contributed by atoms with Gasteiger partial charge in [0.2, 0.25) is 5.91 Å². The second kappa shape index (κ2) is 4.26. The minimum absolute atomic E-state index is 0.0690. The van der Waals surface area contributed by atoms with E-state index in [0.717, 1.165) is 6.54 Å². The van der Waals surface area contributed by atoms with E-state index in [1.807, 2.05) is 6.07 Å². The summed E-state index contributed by atoms with van der Waals surface area (Å²) in [6.07, 6.45) is 0. The predicted molar refractivity (Wildman–Crippen MR) is 64.2 cm³/mol. The summed E-state index contributed by atoms with van der Waals surface area (Å²) in [5, 5.41) is 3.25. The number of amides is 1. The molecule has 1 aromatic carbocycles. The van der Waals surface area contributed by atoms with Gasteiger partial charge in [-0.2, -0.15) is 0 Å². The molecule has 3 nitrogen and oxygen atoms in total. The topological polar surface area (TPSA) is 55.1 Å². The molecule has 0 radical (unpaired) electrons. The first-order chi connectivity index (χ1) is 7.61. The maximum atomic E-state index is 11.4. The van der Waals surface area contributed by atoms with Crippen molar-refractivity contribution >= 4 is 5.91 Å². The highest BCUT2D eigenvalue weighted by atomic mass is 16.1. The van der Waals surface area contributed by atoms with Crippen molar-refractivity contribution in [3.05, 3.63) is 34.9 Å². The molecule has 0 spiro atoms. The predicted octanol–water partition coefficient (Wildman–Crippen LogP) is 1.09. The fourth-order valence-electron chi connectivity index (χ4n) is 2.48. The van der Waals surface area contributed by atoms with Gasteiger partial charge in [-0.25, -0.2) is 0 Å². The maximum Gasteiger partial charge on any atom is 0.222 e. The molecule has 1 amide bonds. The van der Waals surface area contributed by atoms with Gasteiger partial charge in [-0.05, 0) is 30.5 Å². The molecule has 3 N–H and O–H groups in total. The molecule has 1 saturated heterocycles. The lowest BCUT2D eigenvalue weighted by molar-refractivity contribution is -0.121. The number of carbonyl (C=O) groups excluding carboxylic acids is 1. The molecule has 2 rings (SSSR count). The van der Waals surface area contributed by atoms with Crippen molar-refractivity contribution < 1.29 is 4.79 Å². The molecule has 1 heterocycles. The number of nitrogens with two attached hydrogens (primary N) is 1. The first-order valence-electron chi connectivity index (χ1n) is 5.67. The van der Waals surface area contributed by atoms with Crippen LogP contribution in [0.15, 0.2) is 18.2 Å². The molecule has 1 fully saturated rings. The van der Waals surface area contributed by atoms with Gasteiger partial charge in [-0.1, -0.05) is 18.2 Å². The highest BCUT2D eigenvalue weighted by molar-refractivity contribution is 5.78. The summed E-state index contributed by atoms with van der Waals surface area (Å²) in [7, 11) is 0. The van der Waals surface area contributed by atoms with Crippen LogP contribution in [0.4, 0.5) is 0 Å². The van der Waals surface area contributed by atoms with E-state index in [-0.39, 0.29) is 17.7 Å². The van der Waals surface area contributed by atoms with E-state index < -0.39 is 0 Å². The van der Waals surface area contributed by atoms with Crippen LogP contribution >= 0.6 is 0 Å². The fourth-order valence-corrected chi connectivity index (χ4v) is 2.48. The molecule has 0 bridgehead atoms. The van der Waals surface area contributed by atoms with E-state index in [1.54, 1.807) is 0 Å². The zero-order chi connectivity index (χ0) is 11.7. The summed E-state index contributed by atoms with van der Waals surface area (Å²) < 4.78 is 0. The maximum absolute atomic E-state index is 11.4. The van der Waals surface area contributed by atoms with Crippen molar-refractivity contribution in [2.75, 3.05) is 13.1 Å². The lowest BCUT2D eigenvalue weighted by Gasteiger charge is -2.19.